The van der Waals surface area contributed by atoms with E-state index in [2.05, 4.69) is 95.1 Å². The summed E-state index contributed by atoms with van der Waals surface area (Å²) >= 11 is 0. The lowest BCUT2D eigenvalue weighted by Crippen LogP contribution is -2.10. The van der Waals surface area contributed by atoms with Crippen LogP contribution in [0.25, 0.3) is 21.9 Å². The summed E-state index contributed by atoms with van der Waals surface area (Å²) in [5, 5.41) is 5.77. The maximum absolute atomic E-state index is 6.18. The maximum atomic E-state index is 6.18. The molecule has 6 aromatic rings. The minimum atomic E-state index is 0.883. The van der Waals surface area contributed by atoms with E-state index in [1.54, 1.807) is 0 Å². The first-order valence-electron chi connectivity index (χ1n) is 11.0. The minimum Gasteiger partial charge on any atom is -0.456 e. The summed E-state index contributed by atoms with van der Waals surface area (Å²) in [6.07, 6.45) is 0. The van der Waals surface area contributed by atoms with Crippen LogP contribution in [-0.2, 0) is 0 Å². The Morgan fingerprint density at radius 3 is 1.94 bits per heavy atom. The smallest absolute Gasteiger partial charge is 0.137 e. The Labute approximate surface area is 192 Å². The van der Waals surface area contributed by atoms with E-state index in [1.807, 2.05) is 42.5 Å². The molecule has 1 heterocycles. The second-order valence-electron chi connectivity index (χ2n) is 7.99. The Bertz CT molecular complexity index is 1540. The largest absolute Gasteiger partial charge is 0.456 e. The second kappa shape index (κ2) is 8.21. The molecule has 0 atom stereocenters. The van der Waals surface area contributed by atoms with E-state index in [1.165, 1.54) is 0 Å². The SMILES string of the molecule is c1ccc(Nc2cccc(N(c3ccccc3)c3ccc4c(c3)oc3ccccc34)c2)cc1. The van der Waals surface area contributed by atoms with Gasteiger partial charge in [-0.2, -0.15) is 0 Å². The van der Waals surface area contributed by atoms with E-state index < -0.39 is 0 Å². The van der Waals surface area contributed by atoms with E-state index in [0.29, 0.717) is 0 Å². The number of furan rings is 1. The van der Waals surface area contributed by atoms with Crippen LogP contribution in [0.2, 0.25) is 0 Å². The number of hydrogen-bond donors (Lipinski definition) is 1. The van der Waals surface area contributed by atoms with Crippen LogP contribution in [0.4, 0.5) is 28.4 Å². The van der Waals surface area contributed by atoms with Crippen LogP contribution in [0.15, 0.2) is 132 Å². The van der Waals surface area contributed by atoms with Crippen LogP contribution >= 0.6 is 0 Å². The zero-order valence-electron chi connectivity index (χ0n) is 18.0. The first-order valence-corrected chi connectivity index (χ1v) is 11.0. The van der Waals surface area contributed by atoms with Crippen molar-refractivity contribution in [2.45, 2.75) is 0 Å². The number of nitrogens with one attached hydrogen (secondary N) is 1. The Hall–Kier alpha value is -4.50. The molecule has 0 radical (unpaired) electrons. The monoisotopic (exact) mass is 426 g/mol. The molecular weight excluding hydrogens is 404 g/mol. The molecule has 0 saturated carbocycles. The van der Waals surface area contributed by atoms with Gasteiger partial charge >= 0.3 is 0 Å². The van der Waals surface area contributed by atoms with Crippen molar-refractivity contribution in [1.82, 2.24) is 0 Å². The molecule has 3 heteroatoms. The average molecular weight is 427 g/mol. The van der Waals surface area contributed by atoms with Crippen LogP contribution in [0.5, 0.6) is 0 Å². The van der Waals surface area contributed by atoms with Crippen LogP contribution in [0.1, 0.15) is 0 Å². The zero-order chi connectivity index (χ0) is 22.0. The molecule has 0 unspecified atom stereocenters. The highest BCUT2D eigenvalue weighted by Crippen LogP contribution is 2.39. The van der Waals surface area contributed by atoms with E-state index >= 15 is 0 Å². The highest BCUT2D eigenvalue weighted by Gasteiger charge is 2.15. The lowest BCUT2D eigenvalue weighted by molar-refractivity contribution is 0.669. The minimum absolute atomic E-state index is 0.883. The number of hydrogen-bond acceptors (Lipinski definition) is 3. The van der Waals surface area contributed by atoms with Gasteiger partial charge in [-0.05, 0) is 60.7 Å². The van der Waals surface area contributed by atoms with Crippen LogP contribution in [-0.4, -0.2) is 0 Å². The standard InChI is InChI=1S/C30H22N2O/c1-3-10-22(11-4-1)31-23-12-9-15-25(20-23)32(24-13-5-2-6-14-24)26-18-19-28-27-16-7-8-17-29(27)33-30(28)21-26/h1-21,31H. The molecule has 0 bridgehead atoms. The van der Waals surface area contributed by atoms with Crippen molar-refractivity contribution in [3.05, 3.63) is 127 Å². The van der Waals surface area contributed by atoms with Crippen molar-refractivity contribution < 1.29 is 4.42 Å². The number of benzene rings is 5. The lowest BCUT2D eigenvalue weighted by Gasteiger charge is -2.26. The molecule has 0 aliphatic heterocycles. The molecule has 5 aromatic carbocycles. The number of nitrogens with zero attached hydrogens (tertiary/aromatic N) is 1. The molecule has 0 saturated heterocycles. The van der Waals surface area contributed by atoms with Gasteiger partial charge in [-0.15, -0.1) is 0 Å². The van der Waals surface area contributed by atoms with E-state index in [4.69, 9.17) is 4.42 Å². The zero-order valence-corrected chi connectivity index (χ0v) is 18.0. The highest BCUT2D eigenvalue weighted by molar-refractivity contribution is 6.06. The Balaban J connectivity index is 1.46. The molecule has 0 amide bonds. The normalized spacial score (nSPS) is 11.0. The molecule has 6 rings (SSSR count). The maximum Gasteiger partial charge on any atom is 0.137 e. The van der Waals surface area contributed by atoms with Gasteiger partial charge in [-0.25, -0.2) is 0 Å². The van der Waals surface area contributed by atoms with Crippen LogP contribution < -0.4 is 10.2 Å². The van der Waals surface area contributed by atoms with Gasteiger partial charge in [0.25, 0.3) is 0 Å². The topological polar surface area (TPSA) is 28.4 Å². The molecule has 1 N–H and O–H groups in total. The summed E-state index contributed by atoms with van der Waals surface area (Å²) in [6.45, 7) is 0. The first kappa shape index (κ1) is 19.2. The van der Waals surface area contributed by atoms with Crippen LogP contribution in [0.3, 0.4) is 0 Å². The number of rotatable bonds is 5. The molecule has 158 valence electrons. The molecule has 3 nitrogen and oxygen atoms in total. The third kappa shape index (κ3) is 3.70. The molecule has 33 heavy (non-hydrogen) atoms. The van der Waals surface area contributed by atoms with Crippen molar-refractivity contribution in [2.75, 3.05) is 10.2 Å². The van der Waals surface area contributed by atoms with E-state index in [9.17, 15) is 0 Å². The molecule has 0 fully saturated rings. The summed E-state index contributed by atoms with van der Waals surface area (Å²) < 4.78 is 6.18. The number of fused-ring (bicyclic) bond motifs is 3. The van der Waals surface area contributed by atoms with Crippen molar-refractivity contribution in [1.29, 1.82) is 0 Å². The van der Waals surface area contributed by atoms with Crippen molar-refractivity contribution >= 4 is 50.4 Å². The number of anilines is 5. The molecular formula is C30H22N2O. The third-order valence-corrected chi connectivity index (χ3v) is 5.80. The van der Waals surface area contributed by atoms with Crippen molar-refractivity contribution in [2.24, 2.45) is 0 Å². The summed E-state index contributed by atoms with van der Waals surface area (Å²) in [5.74, 6) is 0. The quantitative estimate of drug-likeness (QED) is 0.298. The van der Waals surface area contributed by atoms with Crippen LogP contribution in [0, 0.1) is 0 Å². The summed E-state index contributed by atoms with van der Waals surface area (Å²) in [5.41, 5.74) is 7.08. The summed E-state index contributed by atoms with van der Waals surface area (Å²) in [7, 11) is 0. The Kier molecular flexibility index (Phi) is 4.78. The fourth-order valence-corrected chi connectivity index (χ4v) is 4.29. The molecule has 1 aromatic heterocycles. The first-order chi connectivity index (χ1) is 16.3. The average Bonchev–Trinajstić information content (AvgIpc) is 3.24. The highest BCUT2D eigenvalue weighted by atomic mass is 16.3. The van der Waals surface area contributed by atoms with Crippen molar-refractivity contribution in [3.63, 3.8) is 0 Å². The molecule has 0 aliphatic carbocycles. The van der Waals surface area contributed by atoms with Gasteiger partial charge in [0.1, 0.15) is 11.2 Å². The molecule has 0 spiro atoms. The van der Waals surface area contributed by atoms with Gasteiger partial charge in [0.15, 0.2) is 0 Å². The third-order valence-electron chi connectivity index (χ3n) is 5.80. The van der Waals surface area contributed by atoms with Gasteiger partial charge < -0.3 is 14.6 Å². The Morgan fingerprint density at radius 1 is 0.455 bits per heavy atom. The second-order valence-corrected chi connectivity index (χ2v) is 7.99. The van der Waals surface area contributed by atoms with E-state index in [-0.39, 0.29) is 0 Å². The van der Waals surface area contributed by atoms with Gasteiger partial charge in [-0.3, -0.25) is 0 Å². The van der Waals surface area contributed by atoms with Gasteiger partial charge in [0.05, 0.1) is 0 Å². The summed E-state index contributed by atoms with van der Waals surface area (Å²) in [4.78, 5) is 2.25. The fourth-order valence-electron chi connectivity index (χ4n) is 4.29. The lowest BCUT2D eigenvalue weighted by atomic mass is 10.1. The van der Waals surface area contributed by atoms with Gasteiger partial charge in [-0.1, -0.05) is 60.7 Å². The predicted octanol–water partition coefficient (Wildman–Crippen LogP) is 8.80. The number of para-hydroxylation sites is 3. The van der Waals surface area contributed by atoms with Crippen molar-refractivity contribution in [3.8, 4) is 0 Å². The fraction of sp³-hybridized carbons (Fsp3) is 0. The molecule has 0 aliphatic rings. The predicted molar refractivity (Wildman–Crippen MR) is 138 cm³/mol. The van der Waals surface area contributed by atoms with Gasteiger partial charge in [0.2, 0.25) is 0 Å². The Morgan fingerprint density at radius 2 is 1.09 bits per heavy atom. The van der Waals surface area contributed by atoms with E-state index in [0.717, 1.165) is 50.4 Å². The summed E-state index contributed by atoms with van der Waals surface area (Å²) in [6, 6.07) is 43.7. The van der Waals surface area contributed by atoms with Gasteiger partial charge in [0, 0.05) is 45.3 Å².